The topological polar surface area (TPSA) is 88.6 Å². The van der Waals surface area contributed by atoms with Crippen LogP contribution in [0.5, 0.6) is 17.2 Å². The molecule has 2 N–H and O–H groups in total. The number of imidazole rings is 1. The number of halogens is 2. The van der Waals surface area contributed by atoms with E-state index in [1.807, 2.05) is 0 Å². The van der Waals surface area contributed by atoms with Crippen molar-refractivity contribution >= 4 is 28.3 Å². The van der Waals surface area contributed by atoms with Crippen molar-refractivity contribution in [2.75, 3.05) is 14.2 Å². The number of nitrogens with zero attached hydrogens (tertiary/aromatic N) is 2. The van der Waals surface area contributed by atoms with Crippen molar-refractivity contribution in [3.63, 3.8) is 0 Å². The molecule has 4 aromatic rings. The number of ether oxygens (including phenoxy) is 3. The zero-order valence-corrected chi connectivity index (χ0v) is 17.3. The molecule has 0 saturated heterocycles. The van der Waals surface area contributed by atoms with Crippen molar-refractivity contribution in [2.45, 2.75) is 6.61 Å². The number of carbonyl (C=O) groups is 1. The van der Waals surface area contributed by atoms with Gasteiger partial charge in [-0.3, -0.25) is 9.36 Å². The average molecular weight is 445 g/mol. The van der Waals surface area contributed by atoms with Gasteiger partial charge in [0.1, 0.15) is 40.2 Å². The first kappa shape index (κ1) is 20.6. The van der Waals surface area contributed by atoms with Crippen LogP contribution in [0.15, 0.2) is 42.7 Å². The summed E-state index contributed by atoms with van der Waals surface area (Å²) in [5.41, 5.74) is 6.59. The van der Waals surface area contributed by atoms with Gasteiger partial charge < -0.3 is 19.9 Å². The third-order valence-electron chi connectivity index (χ3n) is 4.63. The number of nitrogens with two attached hydrogens (primary N) is 1. The largest absolute Gasteiger partial charge is 0.493 e. The summed E-state index contributed by atoms with van der Waals surface area (Å²) in [6.45, 7) is -0.398. The smallest absolute Gasteiger partial charge is 0.262 e. The van der Waals surface area contributed by atoms with Gasteiger partial charge in [-0.05, 0) is 12.1 Å². The van der Waals surface area contributed by atoms with Crippen molar-refractivity contribution in [3.8, 4) is 22.2 Å². The number of carbonyl (C=O) groups excluding carboxylic acids is 1. The monoisotopic (exact) mass is 445 g/mol. The Balaban J connectivity index is 1.73. The van der Waals surface area contributed by atoms with E-state index >= 15 is 0 Å². The molecule has 4 rings (SSSR count). The van der Waals surface area contributed by atoms with Gasteiger partial charge in [-0.1, -0.05) is 6.07 Å². The first-order valence-corrected chi connectivity index (χ1v) is 9.83. The van der Waals surface area contributed by atoms with Crippen LogP contribution in [0.2, 0.25) is 0 Å². The van der Waals surface area contributed by atoms with Gasteiger partial charge in [-0.25, -0.2) is 13.8 Å². The third-order valence-corrected chi connectivity index (χ3v) is 5.76. The summed E-state index contributed by atoms with van der Waals surface area (Å²) in [6.07, 6.45) is 1.57. The standard InChI is InChI=1S/C21H17F2N3O4S/c1-28-16-6-14-15(7-17(16)29-2)26(10-25-14)19-8-18(20(31-19)21(24)27)30-9-11-12(22)4-3-5-13(11)23/h3-8,10H,9H2,1-2H3,(H2,24,27). The van der Waals surface area contributed by atoms with Crippen LogP contribution < -0.4 is 19.9 Å². The minimum Gasteiger partial charge on any atom is -0.493 e. The Morgan fingerprint density at radius 1 is 1.10 bits per heavy atom. The zero-order chi connectivity index (χ0) is 22.1. The Morgan fingerprint density at radius 2 is 1.77 bits per heavy atom. The van der Waals surface area contributed by atoms with Gasteiger partial charge in [0.2, 0.25) is 0 Å². The number of rotatable bonds is 7. The Kier molecular flexibility index (Phi) is 5.47. The molecule has 31 heavy (non-hydrogen) atoms. The number of primary amides is 1. The zero-order valence-electron chi connectivity index (χ0n) is 16.5. The SMILES string of the molecule is COc1cc2ncn(-c3cc(OCc4c(F)cccc4F)c(C(N)=O)s3)c2cc1OC. The number of benzene rings is 2. The highest BCUT2D eigenvalue weighted by Crippen LogP contribution is 2.37. The second-order valence-corrected chi connectivity index (χ2v) is 7.47. The van der Waals surface area contributed by atoms with E-state index in [0.717, 1.165) is 23.5 Å². The van der Waals surface area contributed by atoms with Crippen LogP contribution >= 0.6 is 11.3 Å². The maximum absolute atomic E-state index is 13.9. The summed E-state index contributed by atoms with van der Waals surface area (Å²) in [5.74, 6) is -1.04. The molecular weight excluding hydrogens is 428 g/mol. The molecule has 10 heteroatoms. The van der Waals surface area contributed by atoms with Gasteiger partial charge in [-0.2, -0.15) is 0 Å². The molecule has 0 radical (unpaired) electrons. The van der Waals surface area contributed by atoms with Crippen LogP contribution in [0.3, 0.4) is 0 Å². The van der Waals surface area contributed by atoms with Crippen molar-refractivity contribution in [1.29, 1.82) is 0 Å². The van der Waals surface area contributed by atoms with Crippen LogP contribution in [-0.2, 0) is 6.61 Å². The molecule has 2 aromatic heterocycles. The summed E-state index contributed by atoms with van der Waals surface area (Å²) < 4.78 is 45.7. The minimum atomic E-state index is -0.738. The van der Waals surface area contributed by atoms with E-state index in [1.54, 1.807) is 29.1 Å². The highest BCUT2D eigenvalue weighted by Gasteiger charge is 2.20. The van der Waals surface area contributed by atoms with E-state index in [1.165, 1.54) is 20.3 Å². The summed E-state index contributed by atoms with van der Waals surface area (Å²) in [4.78, 5) is 16.4. The minimum absolute atomic E-state index is 0.120. The maximum atomic E-state index is 13.9. The molecule has 0 bridgehead atoms. The second-order valence-electron chi connectivity index (χ2n) is 6.44. The van der Waals surface area contributed by atoms with E-state index in [4.69, 9.17) is 19.9 Å². The lowest BCUT2D eigenvalue weighted by Crippen LogP contribution is -2.11. The number of hydrogen-bond donors (Lipinski definition) is 1. The summed E-state index contributed by atoms with van der Waals surface area (Å²) >= 11 is 1.07. The number of aromatic nitrogens is 2. The fourth-order valence-corrected chi connectivity index (χ4v) is 4.03. The van der Waals surface area contributed by atoms with Gasteiger partial charge >= 0.3 is 0 Å². The number of thiophene rings is 1. The van der Waals surface area contributed by atoms with Crippen LogP contribution in [-0.4, -0.2) is 29.7 Å². The molecule has 7 nitrogen and oxygen atoms in total. The Labute approximate surface area is 179 Å². The van der Waals surface area contributed by atoms with Gasteiger partial charge in [0.15, 0.2) is 11.5 Å². The molecule has 0 aliphatic carbocycles. The molecule has 0 fully saturated rings. The number of methoxy groups -OCH3 is 2. The van der Waals surface area contributed by atoms with Crippen LogP contribution in [0.4, 0.5) is 8.78 Å². The quantitative estimate of drug-likeness (QED) is 0.464. The Bertz CT molecular complexity index is 1270. The molecule has 0 saturated carbocycles. The summed E-state index contributed by atoms with van der Waals surface area (Å²) in [6, 6.07) is 8.58. The Morgan fingerprint density at radius 3 is 2.42 bits per heavy atom. The lowest BCUT2D eigenvalue weighted by atomic mass is 10.2. The molecule has 160 valence electrons. The molecular formula is C21H17F2N3O4S. The van der Waals surface area contributed by atoms with Gasteiger partial charge in [0.05, 0.1) is 30.8 Å². The molecule has 2 aromatic carbocycles. The van der Waals surface area contributed by atoms with E-state index in [9.17, 15) is 13.6 Å². The van der Waals surface area contributed by atoms with Gasteiger partial charge in [0.25, 0.3) is 5.91 Å². The normalized spacial score (nSPS) is 11.0. The lowest BCUT2D eigenvalue weighted by Gasteiger charge is -2.08. The van der Waals surface area contributed by atoms with Crippen LogP contribution in [0.25, 0.3) is 16.0 Å². The second kappa shape index (κ2) is 8.23. The highest BCUT2D eigenvalue weighted by atomic mass is 32.1. The van der Waals surface area contributed by atoms with Gasteiger partial charge in [0, 0.05) is 18.2 Å². The predicted molar refractivity (Wildman–Crippen MR) is 111 cm³/mol. The lowest BCUT2D eigenvalue weighted by molar-refractivity contribution is 0.1000. The predicted octanol–water partition coefficient (Wildman–Crippen LogP) is 4.06. The molecule has 0 atom stereocenters. The highest BCUT2D eigenvalue weighted by molar-refractivity contribution is 7.16. The van der Waals surface area contributed by atoms with Crippen molar-refractivity contribution in [3.05, 3.63) is 64.8 Å². The molecule has 0 spiro atoms. The number of amides is 1. The van der Waals surface area contributed by atoms with Crippen molar-refractivity contribution in [1.82, 2.24) is 9.55 Å². The summed E-state index contributed by atoms with van der Waals surface area (Å²) in [5, 5.41) is 0.576. The molecule has 0 aliphatic rings. The number of hydrogen-bond acceptors (Lipinski definition) is 6. The van der Waals surface area contributed by atoms with Crippen LogP contribution in [0, 0.1) is 11.6 Å². The summed E-state index contributed by atoms with van der Waals surface area (Å²) in [7, 11) is 3.05. The first-order chi connectivity index (χ1) is 14.9. The Hall–Kier alpha value is -3.66. The van der Waals surface area contributed by atoms with E-state index in [2.05, 4.69) is 4.98 Å². The molecule has 2 heterocycles. The van der Waals surface area contributed by atoms with Crippen molar-refractivity contribution < 1.29 is 27.8 Å². The third kappa shape index (κ3) is 3.77. The van der Waals surface area contributed by atoms with Gasteiger partial charge in [-0.15, -0.1) is 11.3 Å². The maximum Gasteiger partial charge on any atom is 0.262 e. The van der Waals surface area contributed by atoms with Crippen LogP contribution in [0.1, 0.15) is 15.2 Å². The van der Waals surface area contributed by atoms with E-state index in [0.29, 0.717) is 27.5 Å². The molecule has 1 amide bonds. The van der Waals surface area contributed by atoms with Crippen molar-refractivity contribution in [2.24, 2.45) is 5.73 Å². The fraction of sp³-hybridized carbons (Fsp3) is 0.143. The van der Waals surface area contributed by atoms with E-state index < -0.39 is 24.1 Å². The average Bonchev–Trinajstić information content (AvgIpc) is 3.36. The fourth-order valence-electron chi connectivity index (χ4n) is 3.09. The molecule has 0 unspecified atom stereocenters. The van der Waals surface area contributed by atoms with E-state index in [-0.39, 0.29) is 16.2 Å². The number of fused-ring (bicyclic) bond motifs is 1. The molecule has 0 aliphatic heterocycles. The first-order valence-electron chi connectivity index (χ1n) is 9.01.